The number of hydrogen-bond donors (Lipinski definition) is 1. The zero-order valence-corrected chi connectivity index (χ0v) is 7.66. The van der Waals surface area contributed by atoms with Gasteiger partial charge in [0.25, 0.3) is 0 Å². The minimum atomic E-state index is 0.809. The molecule has 0 spiro atoms. The summed E-state index contributed by atoms with van der Waals surface area (Å²) in [4.78, 5) is 5.02. The third kappa shape index (κ3) is 1.68. The summed E-state index contributed by atoms with van der Waals surface area (Å²) in [6, 6.07) is 5.78. The third-order valence-electron chi connectivity index (χ3n) is 1.89. The number of benzene rings is 1. The highest BCUT2D eigenvalue weighted by Gasteiger charge is 2.00. The van der Waals surface area contributed by atoms with Crippen LogP contribution in [-0.2, 0) is 4.84 Å². The minimum Gasteiger partial charge on any atom is -0.399 e. The molecule has 1 aromatic rings. The number of rotatable bonds is 2. The van der Waals surface area contributed by atoms with Gasteiger partial charge in [-0.05, 0) is 30.7 Å². The second kappa shape index (κ2) is 3.45. The first-order valence-electron chi connectivity index (χ1n) is 3.79. The molecule has 3 heteroatoms. The number of nitrogens with two attached hydrogens (primary N) is 1. The highest BCUT2D eigenvalue weighted by molar-refractivity contribution is 5.56. The Morgan fingerprint density at radius 3 is 2.58 bits per heavy atom. The minimum absolute atomic E-state index is 0.809. The summed E-state index contributed by atoms with van der Waals surface area (Å²) in [7, 11) is 3.48. The summed E-state index contributed by atoms with van der Waals surface area (Å²) in [6.45, 7) is 1.97. The molecule has 0 unspecified atom stereocenters. The van der Waals surface area contributed by atoms with Crippen molar-refractivity contribution in [1.82, 2.24) is 0 Å². The van der Waals surface area contributed by atoms with Crippen LogP contribution in [0, 0.1) is 6.92 Å². The third-order valence-corrected chi connectivity index (χ3v) is 1.89. The summed E-state index contributed by atoms with van der Waals surface area (Å²) in [5.74, 6) is 0. The van der Waals surface area contributed by atoms with Crippen molar-refractivity contribution in [3.63, 3.8) is 0 Å². The van der Waals surface area contributed by atoms with Crippen LogP contribution in [0.3, 0.4) is 0 Å². The summed E-state index contributed by atoms with van der Waals surface area (Å²) < 4.78 is 0. The fourth-order valence-corrected chi connectivity index (χ4v) is 0.961. The second-order valence-corrected chi connectivity index (χ2v) is 2.72. The topological polar surface area (TPSA) is 38.5 Å². The number of hydroxylamine groups is 1. The van der Waals surface area contributed by atoms with E-state index in [1.54, 1.807) is 12.2 Å². The van der Waals surface area contributed by atoms with E-state index in [-0.39, 0.29) is 0 Å². The van der Waals surface area contributed by atoms with E-state index in [1.165, 1.54) is 0 Å². The van der Waals surface area contributed by atoms with Crippen molar-refractivity contribution in [1.29, 1.82) is 0 Å². The highest BCUT2D eigenvalue weighted by Crippen LogP contribution is 2.19. The van der Waals surface area contributed by atoms with Crippen LogP contribution in [0.1, 0.15) is 5.56 Å². The summed E-state index contributed by atoms with van der Waals surface area (Å²) in [5, 5.41) is 1.69. The maximum Gasteiger partial charge on any atom is 0.0638 e. The van der Waals surface area contributed by atoms with Crippen molar-refractivity contribution in [2.75, 3.05) is 25.0 Å². The summed E-state index contributed by atoms with van der Waals surface area (Å²) in [6.07, 6.45) is 0. The van der Waals surface area contributed by atoms with Gasteiger partial charge in [-0.3, -0.25) is 9.90 Å². The van der Waals surface area contributed by atoms with Crippen LogP contribution in [0.15, 0.2) is 18.2 Å². The molecule has 0 saturated heterocycles. The predicted molar refractivity (Wildman–Crippen MR) is 51.0 cm³/mol. The average Bonchev–Trinajstić information content (AvgIpc) is 2.08. The van der Waals surface area contributed by atoms with E-state index in [2.05, 4.69) is 0 Å². The van der Waals surface area contributed by atoms with E-state index >= 15 is 0 Å². The van der Waals surface area contributed by atoms with Crippen LogP contribution < -0.4 is 10.8 Å². The van der Waals surface area contributed by atoms with Gasteiger partial charge in [0, 0.05) is 12.7 Å². The molecular weight excluding hydrogens is 152 g/mol. The Hall–Kier alpha value is -1.22. The van der Waals surface area contributed by atoms with Crippen LogP contribution >= 0.6 is 0 Å². The number of aryl methyl sites for hydroxylation is 1. The van der Waals surface area contributed by atoms with Gasteiger partial charge in [0.1, 0.15) is 0 Å². The van der Waals surface area contributed by atoms with Gasteiger partial charge in [-0.15, -0.1) is 0 Å². The Labute approximate surface area is 72.7 Å². The Morgan fingerprint density at radius 1 is 1.42 bits per heavy atom. The van der Waals surface area contributed by atoms with E-state index in [0.29, 0.717) is 0 Å². The molecule has 1 aromatic carbocycles. The van der Waals surface area contributed by atoms with Gasteiger partial charge in [-0.2, -0.15) is 0 Å². The smallest absolute Gasteiger partial charge is 0.0638 e. The van der Waals surface area contributed by atoms with Gasteiger partial charge in [0.05, 0.1) is 12.8 Å². The van der Waals surface area contributed by atoms with Gasteiger partial charge in [-0.1, -0.05) is 0 Å². The molecule has 0 fully saturated rings. The molecule has 0 aliphatic heterocycles. The van der Waals surface area contributed by atoms with Crippen molar-refractivity contribution in [3.05, 3.63) is 23.8 Å². The molecule has 66 valence electrons. The van der Waals surface area contributed by atoms with Gasteiger partial charge in [0.2, 0.25) is 0 Å². The largest absolute Gasteiger partial charge is 0.399 e. The molecule has 0 atom stereocenters. The lowest BCUT2D eigenvalue weighted by Gasteiger charge is -2.16. The number of anilines is 2. The predicted octanol–water partition coefficient (Wildman–Crippen LogP) is 1.57. The number of nitrogen functional groups attached to an aromatic ring is 1. The van der Waals surface area contributed by atoms with Crippen molar-refractivity contribution in [2.24, 2.45) is 0 Å². The number of hydrogen-bond acceptors (Lipinski definition) is 3. The Balaban J connectivity index is 2.96. The molecule has 0 saturated carbocycles. The van der Waals surface area contributed by atoms with Crippen molar-refractivity contribution >= 4 is 11.4 Å². The SMILES string of the molecule is CON(C)c1ccc(N)c(C)c1. The lowest BCUT2D eigenvalue weighted by Crippen LogP contribution is -2.14. The van der Waals surface area contributed by atoms with Crippen LogP contribution in [-0.4, -0.2) is 14.2 Å². The second-order valence-electron chi connectivity index (χ2n) is 2.72. The summed E-state index contributed by atoms with van der Waals surface area (Å²) >= 11 is 0. The zero-order valence-electron chi connectivity index (χ0n) is 7.66. The molecule has 3 nitrogen and oxygen atoms in total. The van der Waals surface area contributed by atoms with Crippen molar-refractivity contribution < 1.29 is 4.84 Å². The zero-order chi connectivity index (χ0) is 9.14. The fourth-order valence-electron chi connectivity index (χ4n) is 0.961. The quantitative estimate of drug-likeness (QED) is 0.535. The first kappa shape index (κ1) is 8.87. The lowest BCUT2D eigenvalue weighted by molar-refractivity contribution is 0.185. The molecular formula is C9H14N2O. The van der Waals surface area contributed by atoms with Crippen LogP contribution in [0.5, 0.6) is 0 Å². The van der Waals surface area contributed by atoms with Crippen molar-refractivity contribution in [2.45, 2.75) is 6.92 Å². The Bertz CT molecular complexity index is 273. The molecule has 2 N–H and O–H groups in total. The van der Waals surface area contributed by atoms with Crippen molar-refractivity contribution in [3.8, 4) is 0 Å². The molecule has 0 amide bonds. The van der Waals surface area contributed by atoms with E-state index in [1.807, 2.05) is 32.2 Å². The summed E-state index contributed by atoms with van der Waals surface area (Å²) in [5.41, 5.74) is 8.55. The van der Waals surface area contributed by atoms with E-state index in [0.717, 1.165) is 16.9 Å². The highest BCUT2D eigenvalue weighted by atomic mass is 16.7. The normalized spacial score (nSPS) is 9.92. The van der Waals surface area contributed by atoms with Crippen LogP contribution in [0.4, 0.5) is 11.4 Å². The van der Waals surface area contributed by atoms with Gasteiger partial charge >= 0.3 is 0 Å². The molecule has 12 heavy (non-hydrogen) atoms. The van der Waals surface area contributed by atoms with Gasteiger partial charge in [-0.25, -0.2) is 0 Å². The van der Waals surface area contributed by atoms with Gasteiger partial charge in [0.15, 0.2) is 0 Å². The molecule has 0 bridgehead atoms. The van der Waals surface area contributed by atoms with E-state index in [9.17, 15) is 0 Å². The molecule has 1 rings (SSSR count). The molecule has 0 radical (unpaired) electrons. The molecule has 0 aliphatic carbocycles. The van der Waals surface area contributed by atoms with Gasteiger partial charge < -0.3 is 5.73 Å². The average molecular weight is 166 g/mol. The first-order valence-corrected chi connectivity index (χ1v) is 3.79. The maximum absolute atomic E-state index is 5.67. The van der Waals surface area contributed by atoms with Crippen LogP contribution in [0.2, 0.25) is 0 Å². The molecule has 0 aliphatic rings. The van der Waals surface area contributed by atoms with E-state index < -0.39 is 0 Å². The Kier molecular flexibility index (Phi) is 2.55. The monoisotopic (exact) mass is 166 g/mol. The standard InChI is InChI=1S/C9H14N2O/c1-7-6-8(11(2)12-3)4-5-9(7)10/h4-6H,10H2,1-3H3. The molecule has 0 heterocycles. The fraction of sp³-hybridized carbons (Fsp3) is 0.333. The lowest BCUT2D eigenvalue weighted by atomic mass is 10.2. The maximum atomic E-state index is 5.67. The Morgan fingerprint density at radius 2 is 2.08 bits per heavy atom. The number of nitrogens with zero attached hydrogens (tertiary/aromatic N) is 1. The first-order chi connectivity index (χ1) is 5.65. The molecule has 0 aromatic heterocycles. The van der Waals surface area contributed by atoms with E-state index in [4.69, 9.17) is 10.6 Å². The van der Waals surface area contributed by atoms with Crippen LogP contribution in [0.25, 0.3) is 0 Å².